The molecule has 47 heavy (non-hydrogen) atoms. The number of anilines is 1. The van der Waals surface area contributed by atoms with Crippen molar-refractivity contribution in [2.24, 2.45) is 0 Å². The maximum atomic E-state index is 13.7. The molecule has 2 heterocycles. The average molecular weight is 683 g/mol. The van der Waals surface area contributed by atoms with E-state index in [1.165, 1.54) is 48.5 Å². The van der Waals surface area contributed by atoms with Crippen molar-refractivity contribution >= 4 is 43.5 Å². The number of benzene rings is 3. The molecule has 2 fully saturated rings. The number of hydrogen-bond donors (Lipinski definition) is 3. The molecule has 0 unspecified atom stereocenters. The molecular weight excluding hydrogens is 645 g/mol. The zero-order chi connectivity index (χ0) is 33.9. The lowest BCUT2D eigenvalue weighted by Crippen LogP contribution is -2.51. The topological polar surface area (TPSA) is 170 Å². The Morgan fingerprint density at radius 1 is 0.872 bits per heavy atom. The van der Waals surface area contributed by atoms with Crippen molar-refractivity contribution < 1.29 is 36.3 Å². The number of carboxylic acids is 1. The Morgan fingerprint density at radius 2 is 1.47 bits per heavy atom. The Kier molecular flexibility index (Phi) is 10.2. The molecule has 0 aromatic heterocycles. The first kappa shape index (κ1) is 34.2. The lowest BCUT2D eigenvalue weighted by atomic mass is 10.0. The van der Waals surface area contributed by atoms with Gasteiger partial charge in [-0.15, -0.1) is 0 Å². The predicted octanol–water partition coefficient (Wildman–Crippen LogP) is 2.74. The Hall–Kier alpha value is -4.11. The first-order valence-electron chi connectivity index (χ1n) is 15.4. The summed E-state index contributed by atoms with van der Waals surface area (Å²) in [5.74, 6) is -2.65. The van der Waals surface area contributed by atoms with Crippen LogP contribution in [0.3, 0.4) is 0 Å². The fourth-order valence-corrected chi connectivity index (χ4v) is 8.95. The smallest absolute Gasteiger partial charge is 0.326 e. The van der Waals surface area contributed by atoms with Crippen LogP contribution in [-0.2, 0) is 40.9 Å². The van der Waals surface area contributed by atoms with E-state index in [2.05, 4.69) is 10.6 Å². The van der Waals surface area contributed by atoms with Crippen LogP contribution in [-0.4, -0.2) is 75.2 Å². The number of aliphatic carboxylic acids is 1. The van der Waals surface area contributed by atoms with E-state index in [-0.39, 0.29) is 34.9 Å². The van der Waals surface area contributed by atoms with E-state index in [1.54, 1.807) is 24.3 Å². The summed E-state index contributed by atoms with van der Waals surface area (Å²) in [5, 5.41) is 15.5. The van der Waals surface area contributed by atoms with Crippen LogP contribution in [0.2, 0.25) is 0 Å². The zero-order valence-corrected chi connectivity index (χ0v) is 27.8. The standard InChI is InChI=1S/C33H38N4O8S2/c1-22-7-15-26(16-8-22)46(42,43)36-20-4-6-30(36)31(38)35-29(33(40)41)21-24-11-13-25(14-12-24)37(32(39)28-5-3-19-34-28)47(44,45)27-17-9-23(2)10-18-27/h7-18,28-30,34H,3-6,19-21H2,1-2H3,(H,35,38)(H,40,41)/t28-,29-,30-/m0/s1. The number of hydrogen-bond acceptors (Lipinski definition) is 8. The molecule has 3 atom stereocenters. The van der Waals surface area contributed by atoms with E-state index < -0.39 is 56.0 Å². The maximum absolute atomic E-state index is 13.7. The molecule has 3 N–H and O–H groups in total. The molecule has 2 aliphatic heterocycles. The van der Waals surface area contributed by atoms with Crippen LogP contribution in [0, 0.1) is 13.8 Å². The summed E-state index contributed by atoms with van der Waals surface area (Å²) in [6, 6.07) is 15.2. The van der Waals surface area contributed by atoms with Gasteiger partial charge in [-0.2, -0.15) is 4.31 Å². The van der Waals surface area contributed by atoms with Gasteiger partial charge in [-0.25, -0.2) is 25.9 Å². The first-order chi connectivity index (χ1) is 22.3. The monoisotopic (exact) mass is 682 g/mol. The second-order valence-electron chi connectivity index (χ2n) is 11.9. The average Bonchev–Trinajstić information content (AvgIpc) is 3.76. The summed E-state index contributed by atoms with van der Waals surface area (Å²) < 4.78 is 56.0. The van der Waals surface area contributed by atoms with Gasteiger partial charge in [0, 0.05) is 13.0 Å². The van der Waals surface area contributed by atoms with Crippen molar-refractivity contribution in [1.29, 1.82) is 0 Å². The highest BCUT2D eigenvalue weighted by Crippen LogP contribution is 2.29. The van der Waals surface area contributed by atoms with Crippen LogP contribution in [0.15, 0.2) is 82.6 Å². The second-order valence-corrected chi connectivity index (χ2v) is 15.6. The Morgan fingerprint density at radius 3 is 2.02 bits per heavy atom. The molecule has 14 heteroatoms. The van der Waals surface area contributed by atoms with Crippen molar-refractivity contribution in [3.63, 3.8) is 0 Å². The third-order valence-electron chi connectivity index (χ3n) is 8.48. The Balaban J connectivity index is 1.34. The van der Waals surface area contributed by atoms with Crippen molar-refractivity contribution in [2.45, 2.75) is 73.9 Å². The number of carbonyl (C=O) groups is 3. The van der Waals surface area contributed by atoms with Gasteiger partial charge in [0.15, 0.2) is 0 Å². The van der Waals surface area contributed by atoms with Gasteiger partial charge in [0.1, 0.15) is 12.1 Å². The molecule has 2 saturated heterocycles. The summed E-state index contributed by atoms with van der Waals surface area (Å²) in [5.41, 5.74) is 2.29. The minimum absolute atomic E-state index is 0.0440. The van der Waals surface area contributed by atoms with Gasteiger partial charge >= 0.3 is 5.97 Å². The van der Waals surface area contributed by atoms with Crippen LogP contribution in [0.1, 0.15) is 42.4 Å². The zero-order valence-electron chi connectivity index (χ0n) is 26.1. The van der Waals surface area contributed by atoms with Crippen LogP contribution in [0.5, 0.6) is 0 Å². The molecule has 12 nitrogen and oxygen atoms in total. The van der Waals surface area contributed by atoms with Crippen molar-refractivity contribution in [3.8, 4) is 0 Å². The third-order valence-corrected chi connectivity index (χ3v) is 12.1. The number of aryl methyl sites for hydroxylation is 2. The minimum atomic E-state index is -4.28. The van der Waals surface area contributed by atoms with E-state index in [4.69, 9.17) is 0 Å². The quantitative estimate of drug-likeness (QED) is 0.275. The molecule has 3 aromatic rings. The molecule has 5 rings (SSSR count). The molecule has 0 radical (unpaired) electrons. The summed E-state index contributed by atoms with van der Waals surface area (Å²) in [6.45, 7) is 4.38. The summed E-state index contributed by atoms with van der Waals surface area (Å²) >= 11 is 0. The number of sulfonamides is 2. The van der Waals surface area contributed by atoms with E-state index in [1.807, 2.05) is 13.8 Å². The van der Waals surface area contributed by atoms with E-state index in [9.17, 15) is 36.3 Å². The number of amides is 2. The first-order valence-corrected chi connectivity index (χ1v) is 18.3. The fourth-order valence-electron chi connectivity index (χ4n) is 5.84. The summed E-state index contributed by atoms with van der Waals surface area (Å²) in [4.78, 5) is 39.1. The van der Waals surface area contributed by atoms with Crippen LogP contribution >= 0.6 is 0 Å². The van der Waals surface area contributed by atoms with Gasteiger partial charge in [-0.1, -0.05) is 47.5 Å². The van der Waals surface area contributed by atoms with Gasteiger partial charge in [-0.3, -0.25) is 9.59 Å². The highest BCUT2D eigenvalue weighted by atomic mass is 32.2. The largest absolute Gasteiger partial charge is 0.480 e. The molecular formula is C33H38N4O8S2. The summed E-state index contributed by atoms with van der Waals surface area (Å²) in [6.07, 6.45) is 1.74. The fraction of sp³-hybridized carbons (Fsp3) is 0.364. The molecule has 2 aliphatic rings. The minimum Gasteiger partial charge on any atom is -0.480 e. The molecule has 2 amide bonds. The van der Waals surface area contributed by atoms with Crippen LogP contribution in [0.4, 0.5) is 5.69 Å². The highest BCUT2D eigenvalue weighted by molar-refractivity contribution is 7.93. The van der Waals surface area contributed by atoms with Crippen molar-refractivity contribution in [3.05, 3.63) is 89.5 Å². The van der Waals surface area contributed by atoms with Crippen molar-refractivity contribution in [1.82, 2.24) is 14.9 Å². The lowest BCUT2D eigenvalue weighted by molar-refractivity contribution is -0.142. The number of nitrogens with zero attached hydrogens (tertiary/aromatic N) is 2. The van der Waals surface area contributed by atoms with Crippen LogP contribution in [0.25, 0.3) is 0 Å². The molecule has 250 valence electrons. The molecule has 3 aromatic carbocycles. The predicted molar refractivity (Wildman–Crippen MR) is 175 cm³/mol. The molecule has 0 saturated carbocycles. The Bertz CT molecular complexity index is 1840. The second kappa shape index (κ2) is 13.9. The number of nitrogens with one attached hydrogen (secondary N) is 2. The molecule has 0 aliphatic carbocycles. The normalized spacial score (nSPS) is 19.3. The molecule has 0 bridgehead atoms. The van der Waals surface area contributed by atoms with Crippen molar-refractivity contribution in [2.75, 3.05) is 17.4 Å². The third kappa shape index (κ3) is 7.40. The summed E-state index contributed by atoms with van der Waals surface area (Å²) in [7, 11) is -8.27. The number of rotatable bonds is 11. The van der Waals surface area contributed by atoms with Gasteiger partial charge < -0.3 is 15.7 Å². The van der Waals surface area contributed by atoms with Crippen LogP contribution < -0.4 is 14.9 Å². The maximum Gasteiger partial charge on any atom is 0.326 e. The Labute approximate surface area is 274 Å². The van der Waals surface area contributed by atoms with E-state index in [0.29, 0.717) is 24.9 Å². The SMILES string of the molecule is Cc1ccc(S(=O)(=O)N(C(=O)[C@@H]2CCCN2)c2ccc(C[C@H](NC(=O)[C@@H]3CCCN3S(=O)(=O)c3ccc(C)cc3)C(=O)O)cc2)cc1. The lowest BCUT2D eigenvalue weighted by Gasteiger charge is -2.26. The van der Waals surface area contributed by atoms with E-state index >= 15 is 0 Å². The van der Waals surface area contributed by atoms with E-state index in [0.717, 1.165) is 26.2 Å². The van der Waals surface area contributed by atoms with Gasteiger partial charge in [0.25, 0.3) is 15.9 Å². The molecule has 0 spiro atoms. The number of carboxylic acid groups (broad SMARTS) is 1. The van der Waals surface area contributed by atoms with Gasteiger partial charge in [-0.05, 0) is 88.0 Å². The van der Waals surface area contributed by atoms with Gasteiger partial charge in [0.2, 0.25) is 15.9 Å². The highest BCUT2D eigenvalue weighted by Gasteiger charge is 2.41. The number of carbonyl (C=O) groups excluding carboxylic acids is 2. The van der Waals surface area contributed by atoms with Gasteiger partial charge in [0.05, 0.1) is 21.5 Å².